The molecule has 5 aromatic rings. The van der Waals surface area contributed by atoms with Crippen LogP contribution in [-0.2, 0) is 22.7 Å². The molecule has 0 aliphatic carbocycles. The van der Waals surface area contributed by atoms with Gasteiger partial charge in [-0.25, -0.2) is 29.9 Å². The number of nitrogens with one attached hydrogen (secondary N) is 2. The van der Waals surface area contributed by atoms with Crippen LogP contribution in [0.2, 0.25) is 0 Å². The Bertz CT molecular complexity index is 2480. The van der Waals surface area contributed by atoms with Crippen molar-refractivity contribution in [1.29, 1.82) is 0 Å². The van der Waals surface area contributed by atoms with E-state index in [1.54, 1.807) is 12.4 Å². The Balaban J connectivity index is 0.000000269. The fourth-order valence-corrected chi connectivity index (χ4v) is 7.87. The zero-order valence-corrected chi connectivity index (χ0v) is 42.5. The van der Waals surface area contributed by atoms with Crippen molar-refractivity contribution in [1.82, 2.24) is 34.6 Å². The van der Waals surface area contributed by atoms with E-state index in [4.69, 9.17) is 22.9 Å². The SMILES string of the molecule is CC/C=C\C1=N/C(N)=Nc2cccc(c2)CN(CCN)CCCC(=O)N(C)CCCN(C)c2ccc1cn2.NCCCNc1ccc(-c2ccnc(Nc3cccc(CN(CCN)CCCC=O)c3)n2)cn1. The highest BCUT2D eigenvalue weighted by molar-refractivity contribution is 6.13. The zero-order valence-electron chi connectivity index (χ0n) is 42.5. The number of unbranched alkanes of at least 4 members (excludes halogenated alkanes) is 1. The first kappa shape index (κ1) is 56.0. The second-order valence-corrected chi connectivity index (χ2v) is 17.6. The lowest BCUT2D eigenvalue weighted by atomic mass is 10.1. The van der Waals surface area contributed by atoms with Crippen molar-refractivity contribution in [2.24, 2.45) is 32.9 Å². The highest BCUT2D eigenvalue weighted by atomic mass is 16.2. The van der Waals surface area contributed by atoms with E-state index in [2.05, 4.69) is 80.4 Å². The first-order chi connectivity index (χ1) is 35.1. The second-order valence-electron chi connectivity index (χ2n) is 17.6. The molecule has 2 aliphatic rings. The molecule has 18 nitrogen and oxygen atoms in total. The van der Waals surface area contributed by atoms with Gasteiger partial charge in [0.05, 0.1) is 17.1 Å². The number of benzene rings is 2. The summed E-state index contributed by atoms with van der Waals surface area (Å²) >= 11 is 0. The van der Waals surface area contributed by atoms with Gasteiger partial charge in [-0.2, -0.15) is 0 Å². The molecule has 3 aromatic heterocycles. The van der Waals surface area contributed by atoms with Crippen LogP contribution in [0.3, 0.4) is 0 Å². The van der Waals surface area contributed by atoms with Crippen molar-refractivity contribution in [3.05, 3.63) is 126 Å². The highest BCUT2D eigenvalue weighted by Crippen LogP contribution is 2.22. The number of pyridine rings is 2. The number of nitrogens with zero attached hydrogens (tertiary/aromatic N) is 10. The standard InChI is InChI=1S/C29H42N8O.C25H34N8O/c1-4-5-11-26-24-13-14-27(32-21-24)35(2)16-8-17-36(3)28(38)12-7-18-37(19-15-30)22-23-9-6-10-25(20-23)33-29(31)34-26;26-10-4-12-28-24-8-7-21(18-30-24)23-9-13-29-25(32-23)31-22-6-3-5-20(17-22)19-33(15-11-27)14-1-2-16-34/h5-6,9-11,13-14,20-21H,4,7-8,12,15-19,22,30H2,1-3H3,(H2,31,33);3,5-9,13,16-18H,1-2,4,10-12,14-15,19,26-27H2,(H,28,30)(H,29,31,32)/b11-5-,34-26+;. The van der Waals surface area contributed by atoms with E-state index in [1.807, 2.05) is 98.0 Å². The lowest BCUT2D eigenvalue weighted by Crippen LogP contribution is -2.33. The molecule has 0 saturated heterocycles. The van der Waals surface area contributed by atoms with Crippen molar-refractivity contribution in [2.45, 2.75) is 65.0 Å². The number of guanidine groups is 1. The minimum absolute atomic E-state index is 0.170. The predicted molar refractivity (Wildman–Crippen MR) is 294 cm³/mol. The zero-order chi connectivity index (χ0) is 51.3. The van der Waals surface area contributed by atoms with E-state index in [0.717, 1.165) is 142 Å². The van der Waals surface area contributed by atoms with Crippen LogP contribution in [0.25, 0.3) is 11.3 Å². The minimum atomic E-state index is 0.170. The van der Waals surface area contributed by atoms with Gasteiger partial charge in [0.25, 0.3) is 0 Å². The van der Waals surface area contributed by atoms with E-state index >= 15 is 0 Å². The Morgan fingerprint density at radius 2 is 1.62 bits per heavy atom. The van der Waals surface area contributed by atoms with E-state index in [1.165, 1.54) is 0 Å². The van der Waals surface area contributed by atoms with Gasteiger partial charge in [0.2, 0.25) is 17.8 Å². The smallest absolute Gasteiger partial charge is 0.227 e. The average Bonchev–Trinajstić information content (AvgIpc) is 3.38. The summed E-state index contributed by atoms with van der Waals surface area (Å²) in [5, 5.41) is 6.55. The molecule has 72 heavy (non-hydrogen) atoms. The Kier molecular flexibility index (Phi) is 24.4. The molecule has 10 N–H and O–H groups in total. The van der Waals surface area contributed by atoms with Crippen LogP contribution in [0.5, 0.6) is 0 Å². The van der Waals surface area contributed by atoms with Gasteiger partial charge in [0, 0.05) is 121 Å². The van der Waals surface area contributed by atoms with Gasteiger partial charge in [-0.05, 0) is 124 Å². The summed E-state index contributed by atoms with van der Waals surface area (Å²) in [5.74, 6) is 2.55. The number of rotatable bonds is 19. The van der Waals surface area contributed by atoms with Gasteiger partial charge in [-0.3, -0.25) is 14.6 Å². The van der Waals surface area contributed by atoms with Crippen LogP contribution in [-0.4, -0.2) is 138 Å². The Labute approximate surface area is 426 Å². The third-order valence-corrected chi connectivity index (χ3v) is 11.7. The largest absolute Gasteiger partial charge is 0.370 e. The van der Waals surface area contributed by atoms with Crippen LogP contribution in [0.4, 0.5) is 29.0 Å². The predicted octanol–water partition coefficient (Wildman–Crippen LogP) is 6.11. The molecule has 384 valence electrons. The molecular weight excluding hydrogens is 905 g/mol. The summed E-state index contributed by atoms with van der Waals surface area (Å²) < 4.78 is 0. The quantitative estimate of drug-likeness (QED) is 0.0404. The number of carbonyl (C=O) groups excluding carboxylic acids is 2. The van der Waals surface area contributed by atoms with Crippen molar-refractivity contribution >= 4 is 52.8 Å². The number of allylic oxidation sites excluding steroid dienone is 2. The molecule has 0 fully saturated rings. The Morgan fingerprint density at radius 3 is 2.38 bits per heavy atom. The maximum Gasteiger partial charge on any atom is 0.227 e. The van der Waals surface area contributed by atoms with E-state index in [0.29, 0.717) is 50.7 Å². The van der Waals surface area contributed by atoms with Crippen LogP contribution in [0.1, 0.15) is 68.6 Å². The molecule has 0 saturated carbocycles. The number of fused-ring (bicyclic) bond motifs is 13. The van der Waals surface area contributed by atoms with Crippen LogP contribution < -0.4 is 38.5 Å². The topological polar surface area (TPSA) is 252 Å². The van der Waals surface area contributed by atoms with Crippen molar-refractivity contribution in [3.8, 4) is 11.3 Å². The number of aromatic nitrogens is 4. The van der Waals surface area contributed by atoms with Crippen LogP contribution >= 0.6 is 0 Å². The number of carbonyl (C=O) groups is 2. The monoisotopic (exact) mass is 981 g/mol. The minimum Gasteiger partial charge on any atom is -0.370 e. The molecule has 2 aliphatic heterocycles. The molecule has 0 spiro atoms. The van der Waals surface area contributed by atoms with Gasteiger partial charge in [-0.1, -0.05) is 37.3 Å². The third kappa shape index (κ3) is 19.7. The first-order valence-corrected chi connectivity index (χ1v) is 25.1. The van der Waals surface area contributed by atoms with Gasteiger partial charge < -0.3 is 48.2 Å². The number of aldehydes is 1. The second kappa shape index (κ2) is 31.4. The maximum atomic E-state index is 12.7. The molecule has 5 heterocycles. The number of aliphatic imine (C=N–C) groups is 2. The Hall–Kier alpha value is -6.96. The molecule has 7 rings (SSSR count). The Morgan fingerprint density at radius 1 is 0.806 bits per heavy atom. The molecule has 18 heteroatoms. The van der Waals surface area contributed by atoms with Crippen LogP contribution in [0, 0.1) is 0 Å². The van der Waals surface area contributed by atoms with E-state index < -0.39 is 0 Å². The summed E-state index contributed by atoms with van der Waals surface area (Å²) in [7, 11) is 3.90. The molecule has 1 amide bonds. The van der Waals surface area contributed by atoms with Gasteiger partial charge in [-0.15, -0.1) is 0 Å². The molecule has 2 aromatic carbocycles. The molecule has 0 unspecified atom stereocenters. The number of nitrogens with two attached hydrogens (primary N) is 4. The summed E-state index contributed by atoms with van der Waals surface area (Å²) in [4.78, 5) is 59.1. The third-order valence-electron chi connectivity index (χ3n) is 11.7. The fraction of sp³-hybridized carbons (Fsp3) is 0.407. The number of hydrogen-bond acceptors (Lipinski definition) is 17. The number of hydrogen-bond donors (Lipinski definition) is 6. The summed E-state index contributed by atoms with van der Waals surface area (Å²) in [6.07, 6.45) is 15.6. The average molecular weight is 981 g/mol. The summed E-state index contributed by atoms with van der Waals surface area (Å²) in [5.41, 5.74) is 30.6. The molecule has 0 radical (unpaired) electrons. The first-order valence-electron chi connectivity index (χ1n) is 25.1. The highest BCUT2D eigenvalue weighted by Gasteiger charge is 2.14. The number of anilines is 4. The summed E-state index contributed by atoms with van der Waals surface area (Å²) in [6, 6.07) is 25.9. The molecular formula is C54H76N16O2. The lowest BCUT2D eigenvalue weighted by molar-refractivity contribution is -0.130. The number of amides is 1. The van der Waals surface area contributed by atoms with E-state index in [9.17, 15) is 9.59 Å². The van der Waals surface area contributed by atoms with Gasteiger partial charge >= 0.3 is 0 Å². The van der Waals surface area contributed by atoms with Gasteiger partial charge in [0.15, 0.2) is 0 Å². The molecule has 0 atom stereocenters. The maximum absolute atomic E-state index is 12.7. The fourth-order valence-electron chi connectivity index (χ4n) is 7.87. The van der Waals surface area contributed by atoms with Crippen molar-refractivity contribution in [2.75, 3.05) is 95.1 Å². The van der Waals surface area contributed by atoms with Crippen LogP contribution in [0.15, 0.2) is 120 Å². The van der Waals surface area contributed by atoms with Crippen molar-refractivity contribution < 1.29 is 9.59 Å². The van der Waals surface area contributed by atoms with Gasteiger partial charge in [0.1, 0.15) is 17.9 Å². The van der Waals surface area contributed by atoms with E-state index in [-0.39, 0.29) is 11.9 Å². The summed E-state index contributed by atoms with van der Waals surface area (Å²) in [6.45, 7) is 10.8. The van der Waals surface area contributed by atoms with Crippen molar-refractivity contribution in [3.63, 3.8) is 0 Å². The molecule has 4 bridgehead atoms. The lowest BCUT2D eigenvalue weighted by Gasteiger charge is -2.23. The normalized spacial score (nSPS) is 15.0.